The van der Waals surface area contributed by atoms with E-state index < -0.39 is 17.2 Å². The molecule has 7 heteroatoms. The first kappa shape index (κ1) is 20.5. The first-order chi connectivity index (χ1) is 12.8. The summed E-state index contributed by atoms with van der Waals surface area (Å²) in [6.45, 7) is 8.52. The molecule has 0 unspecified atom stereocenters. The Kier molecular flexibility index (Phi) is 6.98. The molecule has 0 bridgehead atoms. The SMILES string of the molecule is CC[C@H](C)n1cc(C(=O)NCc2ccco2)c(=O)c(C(=O)NCC(C)C)c1. The average molecular weight is 373 g/mol. The molecule has 7 nitrogen and oxygen atoms in total. The minimum Gasteiger partial charge on any atom is -0.467 e. The molecule has 0 aliphatic carbocycles. The summed E-state index contributed by atoms with van der Waals surface area (Å²) in [4.78, 5) is 37.8. The lowest BCUT2D eigenvalue weighted by Gasteiger charge is -2.17. The third kappa shape index (κ3) is 5.32. The Morgan fingerprint density at radius 1 is 1.11 bits per heavy atom. The van der Waals surface area contributed by atoms with Crippen LogP contribution < -0.4 is 16.1 Å². The highest BCUT2D eigenvalue weighted by Crippen LogP contribution is 2.12. The van der Waals surface area contributed by atoms with Gasteiger partial charge < -0.3 is 19.6 Å². The predicted octanol–water partition coefficient (Wildman–Crippen LogP) is 2.73. The molecule has 2 amide bonds. The molecule has 2 N–H and O–H groups in total. The van der Waals surface area contributed by atoms with Crippen molar-refractivity contribution in [2.24, 2.45) is 5.92 Å². The van der Waals surface area contributed by atoms with Crippen LogP contribution in [-0.2, 0) is 6.54 Å². The van der Waals surface area contributed by atoms with E-state index in [0.29, 0.717) is 12.3 Å². The van der Waals surface area contributed by atoms with Gasteiger partial charge in [0.2, 0.25) is 5.43 Å². The number of rotatable bonds is 8. The maximum Gasteiger partial charge on any atom is 0.257 e. The fraction of sp³-hybridized carbons (Fsp3) is 0.450. The smallest absolute Gasteiger partial charge is 0.257 e. The third-order valence-corrected chi connectivity index (χ3v) is 4.31. The van der Waals surface area contributed by atoms with Crippen LogP contribution in [0.25, 0.3) is 0 Å². The zero-order chi connectivity index (χ0) is 20.0. The summed E-state index contributed by atoms with van der Waals surface area (Å²) in [6.07, 6.45) is 5.34. The fourth-order valence-corrected chi connectivity index (χ4v) is 2.45. The van der Waals surface area contributed by atoms with E-state index in [1.54, 1.807) is 16.7 Å². The number of carbonyl (C=O) groups is 2. The minimum absolute atomic E-state index is 0.0263. The first-order valence-electron chi connectivity index (χ1n) is 9.18. The van der Waals surface area contributed by atoms with Gasteiger partial charge in [0.1, 0.15) is 16.9 Å². The van der Waals surface area contributed by atoms with Crippen molar-refractivity contribution in [2.45, 2.75) is 46.7 Å². The molecule has 2 aromatic heterocycles. The Morgan fingerprint density at radius 2 is 1.74 bits per heavy atom. The molecule has 0 aliphatic heterocycles. The summed E-state index contributed by atoms with van der Waals surface area (Å²) in [5.74, 6) is -0.166. The molecule has 2 heterocycles. The van der Waals surface area contributed by atoms with E-state index in [-0.39, 0.29) is 29.6 Å². The van der Waals surface area contributed by atoms with Gasteiger partial charge in [-0.15, -0.1) is 0 Å². The maximum absolute atomic E-state index is 12.8. The van der Waals surface area contributed by atoms with Crippen molar-refractivity contribution in [2.75, 3.05) is 6.54 Å². The van der Waals surface area contributed by atoms with Crippen LogP contribution in [0, 0.1) is 5.92 Å². The van der Waals surface area contributed by atoms with Crippen molar-refractivity contribution in [3.05, 3.63) is 57.9 Å². The number of pyridine rings is 1. The quantitative estimate of drug-likeness (QED) is 0.744. The number of nitrogens with one attached hydrogen (secondary N) is 2. The van der Waals surface area contributed by atoms with E-state index in [1.165, 1.54) is 18.7 Å². The highest BCUT2D eigenvalue weighted by atomic mass is 16.3. The van der Waals surface area contributed by atoms with Crippen LogP contribution >= 0.6 is 0 Å². The van der Waals surface area contributed by atoms with Gasteiger partial charge in [0.15, 0.2) is 0 Å². The topological polar surface area (TPSA) is 93.3 Å². The van der Waals surface area contributed by atoms with Crippen molar-refractivity contribution in [3.63, 3.8) is 0 Å². The monoisotopic (exact) mass is 373 g/mol. The fourth-order valence-electron chi connectivity index (χ4n) is 2.45. The number of hydrogen-bond donors (Lipinski definition) is 2. The number of amides is 2. The molecule has 0 aromatic carbocycles. The number of nitrogens with zero attached hydrogens (tertiary/aromatic N) is 1. The highest BCUT2D eigenvalue weighted by Gasteiger charge is 2.20. The van der Waals surface area contributed by atoms with Crippen molar-refractivity contribution in [3.8, 4) is 0 Å². The van der Waals surface area contributed by atoms with Gasteiger partial charge in [0, 0.05) is 25.0 Å². The Bertz CT molecular complexity index is 837. The Hall–Kier alpha value is -2.83. The highest BCUT2D eigenvalue weighted by molar-refractivity contribution is 5.99. The standard InChI is InChI=1S/C20H27N3O4/c1-5-14(4)23-11-16(19(25)21-9-13(2)3)18(24)17(12-23)20(26)22-10-15-7-6-8-27-15/h6-8,11-14H,5,9-10H2,1-4H3,(H,21,25)(H,22,26)/t14-/m0/s1. The Balaban J connectivity index is 2.33. The average Bonchev–Trinajstić information content (AvgIpc) is 3.17. The number of aromatic nitrogens is 1. The lowest BCUT2D eigenvalue weighted by atomic mass is 10.1. The molecular formula is C20H27N3O4. The molecule has 146 valence electrons. The number of carbonyl (C=O) groups excluding carboxylic acids is 2. The van der Waals surface area contributed by atoms with Crippen LogP contribution in [0.4, 0.5) is 0 Å². The molecule has 0 saturated heterocycles. The molecule has 1 atom stereocenters. The van der Waals surface area contributed by atoms with Gasteiger partial charge in [-0.2, -0.15) is 0 Å². The molecule has 0 radical (unpaired) electrons. The van der Waals surface area contributed by atoms with Gasteiger partial charge >= 0.3 is 0 Å². The summed E-state index contributed by atoms with van der Waals surface area (Å²) >= 11 is 0. The second-order valence-corrected chi connectivity index (χ2v) is 6.99. The van der Waals surface area contributed by atoms with E-state index in [1.807, 2.05) is 27.7 Å². The third-order valence-electron chi connectivity index (χ3n) is 4.31. The van der Waals surface area contributed by atoms with Gasteiger partial charge in [-0.1, -0.05) is 20.8 Å². The second kappa shape index (κ2) is 9.21. The van der Waals surface area contributed by atoms with E-state index >= 15 is 0 Å². The molecule has 0 fully saturated rings. The summed E-state index contributed by atoms with van der Waals surface area (Å²) in [5, 5.41) is 5.41. The van der Waals surface area contributed by atoms with Crippen molar-refractivity contribution >= 4 is 11.8 Å². The lowest BCUT2D eigenvalue weighted by Crippen LogP contribution is -2.36. The van der Waals surface area contributed by atoms with E-state index in [9.17, 15) is 14.4 Å². The molecule has 0 saturated carbocycles. The second-order valence-electron chi connectivity index (χ2n) is 6.99. The maximum atomic E-state index is 12.8. The lowest BCUT2D eigenvalue weighted by molar-refractivity contribution is 0.0944. The Morgan fingerprint density at radius 3 is 2.26 bits per heavy atom. The summed E-state index contributed by atoms with van der Waals surface area (Å²) < 4.78 is 6.93. The van der Waals surface area contributed by atoms with Crippen molar-refractivity contribution in [1.82, 2.24) is 15.2 Å². The molecule has 0 spiro atoms. The molecule has 2 aromatic rings. The first-order valence-corrected chi connectivity index (χ1v) is 9.18. The zero-order valence-electron chi connectivity index (χ0n) is 16.2. The van der Waals surface area contributed by atoms with E-state index in [2.05, 4.69) is 10.6 Å². The number of hydrogen-bond acceptors (Lipinski definition) is 4. The van der Waals surface area contributed by atoms with Crippen molar-refractivity contribution < 1.29 is 14.0 Å². The van der Waals surface area contributed by atoms with Crippen molar-refractivity contribution in [1.29, 1.82) is 0 Å². The van der Waals surface area contributed by atoms with Crippen LogP contribution in [0.15, 0.2) is 40.0 Å². The van der Waals surface area contributed by atoms with Crippen LogP contribution in [-0.4, -0.2) is 22.9 Å². The van der Waals surface area contributed by atoms with Crippen LogP contribution in [0.3, 0.4) is 0 Å². The number of furan rings is 1. The zero-order valence-corrected chi connectivity index (χ0v) is 16.2. The molecule has 27 heavy (non-hydrogen) atoms. The van der Waals surface area contributed by atoms with Crippen LogP contribution in [0.5, 0.6) is 0 Å². The van der Waals surface area contributed by atoms with E-state index in [0.717, 1.165) is 6.42 Å². The molecule has 0 aliphatic rings. The van der Waals surface area contributed by atoms with Crippen LogP contribution in [0.2, 0.25) is 0 Å². The minimum atomic E-state index is -0.576. The van der Waals surface area contributed by atoms with Crippen LogP contribution in [0.1, 0.15) is 66.6 Å². The van der Waals surface area contributed by atoms with Gasteiger partial charge in [0.25, 0.3) is 11.8 Å². The van der Waals surface area contributed by atoms with Gasteiger partial charge in [0.05, 0.1) is 12.8 Å². The summed E-state index contributed by atoms with van der Waals surface area (Å²) in [5.41, 5.74) is -0.659. The molecule has 2 rings (SSSR count). The van der Waals surface area contributed by atoms with Gasteiger partial charge in [-0.05, 0) is 31.4 Å². The summed E-state index contributed by atoms with van der Waals surface area (Å²) in [6, 6.07) is 3.49. The van der Waals surface area contributed by atoms with Gasteiger partial charge in [-0.25, -0.2) is 0 Å². The largest absolute Gasteiger partial charge is 0.467 e. The Labute approximate surface area is 158 Å². The summed E-state index contributed by atoms with van der Waals surface area (Å²) in [7, 11) is 0. The normalized spacial score (nSPS) is 12.0. The van der Waals surface area contributed by atoms with Gasteiger partial charge in [-0.3, -0.25) is 14.4 Å². The molecular weight excluding hydrogens is 346 g/mol. The predicted molar refractivity (Wildman–Crippen MR) is 103 cm³/mol. The van der Waals surface area contributed by atoms with E-state index in [4.69, 9.17) is 4.42 Å².